The van der Waals surface area contributed by atoms with E-state index in [1.165, 1.54) is 6.26 Å². The molecule has 0 amide bonds. The zero-order valence-electron chi connectivity index (χ0n) is 9.00. The van der Waals surface area contributed by atoms with Gasteiger partial charge in [0.25, 0.3) is 0 Å². The lowest BCUT2D eigenvalue weighted by Gasteiger charge is -2.05. The molecule has 80 valence electrons. The SMILES string of the molecule is Cc1occc1C(=O)CC(=O)C1(C)CC1. The molecule has 0 radical (unpaired) electrons. The van der Waals surface area contributed by atoms with Gasteiger partial charge in [0.05, 0.1) is 18.2 Å². The summed E-state index contributed by atoms with van der Waals surface area (Å²) in [6.07, 6.45) is 3.33. The molecule has 2 rings (SSSR count). The zero-order valence-corrected chi connectivity index (χ0v) is 9.00. The molecule has 0 N–H and O–H groups in total. The number of rotatable bonds is 4. The van der Waals surface area contributed by atoms with Crippen LogP contribution in [0.25, 0.3) is 0 Å². The summed E-state index contributed by atoms with van der Waals surface area (Å²) in [6, 6.07) is 1.63. The standard InChI is InChI=1S/C12H14O3/c1-8-9(3-6-15-8)10(13)7-11(14)12(2)4-5-12/h3,6H,4-5,7H2,1-2H3. The number of carbonyl (C=O) groups excluding carboxylic acids is 2. The zero-order chi connectivity index (χ0) is 11.1. The molecule has 1 heterocycles. The second-order valence-corrected chi connectivity index (χ2v) is 4.47. The molecule has 0 atom stereocenters. The highest BCUT2D eigenvalue weighted by molar-refractivity contribution is 6.10. The second kappa shape index (κ2) is 3.33. The smallest absolute Gasteiger partial charge is 0.173 e. The van der Waals surface area contributed by atoms with E-state index in [9.17, 15) is 9.59 Å². The lowest BCUT2D eigenvalue weighted by molar-refractivity contribution is -0.122. The monoisotopic (exact) mass is 206 g/mol. The molecule has 1 aromatic heterocycles. The second-order valence-electron chi connectivity index (χ2n) is 4.47. The maximum atomic E-state index is 11.7. The first-order valence-corrected chi connectivity index (χ1v) is 5.13. The van der Waals surface area contributed by atoms with Gasteiger partial charge in [-0.15, -0.1) is 0 Å². The Hall–Kier alpha value is -1.38. The molecule has 0 aliphatic heterocycles. The number of hydrogen-bond donors (Lipinski definition) is 0. The van der Waals surface area contributed by atoms with Crippen LogP contribution in [0.2, 0.25) is 0 Å². The third-order valence-corrected chi connectivity index (χ3v) is 3.15. The molecule has 0 saturated heterocycles. The molecule has 1 aliphatic rings. The van der Waals surface area contributed by atoms with Crippen LogP contribution in [0.4, 0.5) is 0 Å². The lowest BCUT2D eigenvalue weighted by atomic mass is 9.97. The number of carbonyl (C=O) groups is 2. The van der Waals surface area contributed by atoms with Crippen molar-refractivity contribution in [2.24, 2.45) is 5.41 Å². The maximum Gasteiger partial charge on any atom is 0.173 e. The molecule has 3 nitrogen and oxygen atoms in total. The fourth-order valence-corrected chi connectivity index (χ4v) is 1.60. The largest absolute Gasteiger partial charge is 0.469 e. The van der Waals surface area contributed by atoms with Gasteiger partial charge in [-0.1, -0.05) is 6.92 Å². The predicted octanol–water partition coefficient (Wildman–Crippen LogP) is 2.53. The summed E-state index contributed by atoms with van der Waals surface area (Å²) in [5, 5.41) is 0. The molecule has 1 aromatic rings. The van der Waals surface area contributed by atoms with Gasteiger partial charge in [-0.3, -0.25) is 9.59 Å². The fraction of sp³-hybridized carbons (Fsp3) is 0.500. The van der Waals surface area contributed by atoms with E-state index in [1.807, 2.05) is 6.92 Å². The number of Topliss-reactive ketones (excluding diaryl/α,β-unsaturated/α-hetero) is 2. The van der Waals surface area contributed by atoms with E-state index in [0.29, 0.717) is 11.3 Å². The van der Waals surface area contributed by atoms with Crippen LogP contribution in [-0.2, 0) is 4.79 Å². The Balaban J connectivity index is 2.04. The van der Waals surface area contributed by atoms with Gasteiger partial charge < -0.3 is 4.42 Å². The van der Waals surface area contributed by atoms with Crippen LogP contribution in [0.5, 0.6) is 0 Å². The maximum absolute atomic E-state index is 11.7. The summed E-state index contributed by atoms with van der Waals surface area (Å²) in [7, 11) is 0. The van der Waals surface area contributed by atoms with Crippen LogP contribution >= 0.6 is 0 Å². The Labute approximate surface area is 88.5 Å². The third kappa shape index (κ3) is 1.87. The topological polar surface area (TPSA) is 47.3 Å². The third-order valence-electron chi connectivity index (χ3n) is 3.15. The van der Waals surface area contributed by atoms with Crippen LogP contribution in [0.15, 0.2) is 16.7 Å². The Morgan fingerprint density at radius 3 is 2.60 bits per heavy atom. The summed E-state index contributed by atoms with van der Waals surface area (Å²) in [5.41, 5.74) is 0.320. The number of ketones is 2. The lowest BCUT2D eigenvalue weighted by Crippen LogP contribution is -2.16. The average molecular weight is 206 g/mol. The molecule has 0 bridgehead atoms. The van der Waals surface area contributed by atoms with Crippen molar-refractivity contribution in [1.82, 2.24) is 0 Å². The molecule has 1 aliphatic carbocycles. The minimum atomic E-state index is -0.215. The van der Waals surface area contributed by atoms with Crippen molar-refractivity contribution in [3.63, 3.8) is 0 Å². The summed E-state index contributed by atoms with van der Waals surface area (Å²) < 4.78 is 5.04. The van der Waals surface area contributed by atoms with E-state index in [-0.39, 0.29) is 23.4 Å². The van der Waals surface area contributed by atoms with Gasteiger partial charge in [0.2, 0.25) is 0 Å². The first-order valence-electron chi connectivity index (χ1n) is 5.13. The molecule has 1 fully saturated rings. The van der Waals surface area contributed by atoms with Gasteiger partial charge in [0.15, 0.2) is 5.78 Å². The van der Waals surface area contributed by atoms with Crippen LogP contribution in [0.3, 0.4) is 0 Å². The molecular weight excluding hydrogens is 192 g/mol. The van der Waals surface area contributed by atoms with E-state index in [0.717, 1.165) is 12.8 Å². The predicted molar refractivity (Wildman–Crippen MR) is 54.7 cm³/mol. The van der Waals surface area contributed by atoms with Gasteiger partial charge in [0, 0.05) is 5.41 Å². The van der Waals surface area contributed by atoms with Crippen LogP contribution in [-0.4, -0.2) is 11.6 Å². The van der Waals surface area contributed by atoms with Crippen molar-refractivity contribution in [2.45, 2.75) is 33.1 Å². The highest BCUT2D eigenvalue weighted by atomic mass is 16.3. The molecule has 3 heteroatoms. The normalized spacial score (nSPS) is 17.5. The first-order chi connectivity index (χ1) is 7.03. The molecule has 0 unspecified atom stereocenters. The van der Waals surface area contributed by atoms with E-state index < -0.39 is 0 Å². The van der Waals surface area contributed by atoms with Crippen LogP contribution in [0, 0.1) is 12.3 Å². The molecule has 0 spiro atoms. The minimum Gasteiger partial charge on any atom is -0.469 e. The van der Waals surface area contributed by atoms with Crippen LogP contribution in [0.1, 0.15) is 42.3 Å². The molecule has 1 saturated carbocycles. The summed E-state index contributed by atoms with van der Waals surface area (Å²) >= 11 is 0. The number of furan rings is 1. The highest BCUT2D eigenvalue weighted by Crippen LogP contribution is 2.46. The Morgan fingerprint density at radius 2 is 2.13 bits per heavy atom. The quantitative estimate of drug-likeness (QED) is 0.561. The van der Waals surface area contributed by atoms with Gasteiger partial charge in [-0.05, 0) is 25.8 Å². The van der Waals surface area contributed by atoms with E-state index >= 15 is 0 Å². The average Bonchev–Trinajstić information content (AvgIpc) is 2.77. The summed E-state index contributed by atoms with van der Waals surface area (Å²) in [4.78, 5) is 23.4. The van der Waals surface area contributed by atoms with E-state index in [4.69, 9.17) is 4.42 Å². The number of hydrogen-bond acceptors (Lipinski definition) is 3. The van der Waals surface area contributed by atoms with Gasteiger partial charge in [-0.25, -0.2) is 0 Å². The van der Waals surface area contributed by atoms with Crippen molar-refractivity contribution >= 4 is 11.6 Å². The van der Waals surface area contributed by atoms with Crippen molar-refractivity contribution in [1.29, 1.82) is 0 Å². The van der Waals surface area contributed by atoms with E-state index in [1.54, 1.807) is 13.0 Å². The van der Waals surface area contributed by atoms with Crippen molar-refractivity contribution < 1.29 is 14.0 Å². The minimum absolute atomic E-state index is 0.0108. The Morgan fingerprint density at radius 1 is 1.47 bits per heavy atom. The van der Waals surface area contributed by atoms with Crippen LogP contribution < -0.4 is 0 Å². The summed E-state index contributed by atoms with van der Waals surface area (Å²) in [5.74, 6) is 0.529. The molecule has 15 heavy (non-hydrogen) atoms. The van der Waals surface area contributed by atoms with Gasteiger partial charge in [-0.2, -0.15) is 0 Å². The molecular formula is C12H14O3. The first kappa shape index (κ1) is 10.1. The van der Waals surface area contributed by atoms with Crippen molar-refractivity contribution in [3.8, 4) is 0 Å². The fourth-order valence-electron chi connectivity index (χ4n) is 1.60. The van der Waals surface area contributed by atoms with E-state index in [2.05, 4.69) is 0 Å². The van der Waals surface area contributed by atoms with Gasteiger partial charge in [0.1, 0.15) is 11.5 Å². The molecule has 0 aromatic carbocycles. The summed E-state index contributed by atoms with van der Waals surface area (Å²) in [6.45, 7) is 3.65. The Bertz CT molecular complexity index is 410. The number of aryl methyl sites for hydroxylation is 1. The highest BCUT2D eigenvalue weighted by Gasteiger charge is 2.44. The Kier molecular flexibility index (Phi) is 2.25. The van der Waals surface area contributed by atoms with Gasteiger partial charge >= 0.3 is 0 Å². The van der Waals surface area contributed by atoms with Crippen molar-refractivity contribution in [3.05, 3.63) is 23.7 Å². The van der Waals surface area contributed by atoms with Crippen molar-refractivity contribution in [2.75, 3.05) is 0 Å².